The number of alkyl halides is 3. The largest absolute Gasteiger partial charge is 0.573 e. The highest BCUT2D eigenvalue weighted by atomic mass is 19.4. The van der Waals surface area contributed by atoms with Crippen molar-refractivity contribution in [3.05, 3.63) is 87.6 Å². The standard InChI is InChI=1S/C20H14F5N3O4/c1-31-15-7-5-13(27-19(15)30)18(29)28-16(17-11(21)3-2-8-26-17)10-4-6-14(12(22)9-10)32-20(23,24)25/h2-9,16H,1H3,(H,27,30)(H,28,29). The minimum atomic E-state index is -5.12. The summed E-state index contributed by atoms with van der Waals surface area (Å²) in [4.78, 5) is 30.6. The number of carbonyl (C=O) groups excluding carboxylic acids is 1. The predicted molar refractivity (Wildman–Crippen MR) is 100 cm³/mol. The second-order valence-electron chi connectivity index (χ2n) is 6.28. The number of H-pyrrole nitrogens is 1. The Morgan fingerprint density at radius 1 is 1.09 bits per heavy atom. The van der Waals surface area contributed by atoms with E-state index in [9.17, 15) is 31.5 Å². The van der Waals surface area contributed by atoms with E-state index in [2.05, 4.69) is 20.0 Å². The summed E-state index contributed by atoms with van der Waals surface area (Å²) >= 11 is 0. The highest BCUT2D eigenvalue weighted by molar-refractivity contribution is 5.92. The van der Waals surface area contributed by atoms with Crippen LogP contribution >= 0.6 is 0 Å². The molecule has 32 heavy (non-hydrogen) atoms. The Hall–Kier alpha value is -3.96. The fraction of sp³-hybridized carbons (Fsp3) is 0.150. The number of amides is 1. The van der Waals surface area contributed by atoms with Gasteiger partial charge in [0.05, 0.1) is 13.2 Å². The number of nitrogens with zero attached hydrogens (tertiary/aromatic N) is 1. The minimum Gasteiger partial charge on any atom is -0.491 e. The quantitative estimate of drug-likeness (QED) is 0.556. The summed E-state index contributed by atoms with van der Waals surface area (Å²) in [6.07, 6.45) is -3.91. The number of methoxy groups -OCH3 is 1. The second kappa shape index (κ2) is 9.04. The number of carbonyl (C=O) groups is 1. The van der Waals surface area contributed by atoms with Crippen LogP contribution in [0.1, 0.15) is 27.8 Å². The highest BCUT2D eigenvalue weighted by Gasteiger charge is 2.33. The van der Waals surface area contributed by atoms with Crippen molar-refractivity contribution in [1.82, 2.24) is 15.3 Å². The van der Waals surface area contributed by atoms with Crippen LogP contribution in [0.2, 0.25) is 0 Å². The number of hydrogen-bond donors (Lipinski definition) is 2. The van der Waals surface area contributed by atoms with E-state index in [4.69, 9.17) is 4.74 Å². The fourth-order valence-corrected chi connectivity index (χ4v) is 2.79. The molecule has 0 saturated carbocycles. The molecule has 3 aromatic rings. The van der Waals surface area contributed by atoms with Gasteiger partial charge in [0.2, 0.25) is 0 Å². The molecule has 0 saturated heterocycles. The van der Waals surface area contributed by atoms with Gasteiger partial charge in [0.15, 0.2) is 17.3 Å². The molecule has 7 nitrogen and oxygen atoms in total. The lowest BCUT2D eigenvalue weighted by Crippen LogP contribution is -2.32. The molecule has 2 aromatic heterocycles. The molecular formula is C20H14F5N3O4. The number of pyridine rings is 2. The molecule has 1 atom stereocenters. The zero-order valence-corrected chi connectivity index (χ0v) is 16.2. The first-order chi connectivity index (χ1) is 15.1. The Kier molecular flexibility index (Phi) is 6.42. The molecule has 1 unspecified atom stereocenters. The molecule has 0 bridgehead atoms. The van der Waals surface area contributed by atoms with E-state index in [1.54, 1.807) is 0 Å². The molecule has 0 spiro atoms. The lowest BCUT2D eigenvalue weighted by Gasteiger charge is -2.20. The summed E-state index contributed by atoms with van der Waals surface area (Å²) in [5.74, 6) is -4.32. The molecule has 1 amide bonds. The van der Waals surface area contributed by atoms with E-state index in [0.717, 1.165) is 12.1 Å². The summed E-state index contributed by atoms with van der Waals surface area (Å²) < 4.78 is 74.2. The first-order valence-corrected chi connectivity index (χ1v) is 8.83. The molecule has 0 aliphatic carbocycles. The van der Waals surface area contributed by atoms with Gasteiger partial charge in [-0.25, -0.2) is 8.78 Å². The van der Waals surface area contributed by atoms with Crippen molar-refractivity contribution in [3.8, 4) is 11.5 Å². The van der Waals surface area contributed by atoms with Crippen molar-refractivity contribution in [2.75, 3.05) is 7.11 Å². The average molecular weight is 455 g/mol. The van der Waals surface area contributed by atoms with E-state index >= 15 is 0 Å². The molecular weight excluding hydrogens is 441 g/mol. The van der Waals surface area contributed by atoms with Crippen LogP contribution in [0.5, 0.6) is 11.5 Å². The molecule has 0 radical (unpaired) electrons. The molecule has 12 heteroatoms. The van der Waals surface area contributed by atoms with Crippen molar-refractivity contribution < 1.29 is 36.2 Å². The maximum absolute atomic E-state index is 14.4. The molecule has 2 heterocycles. The Labute approximate surface area is 176 Å². The normalized spacial score (nSPS) is 12.2. The number of aromatic amines is 1. The molecule has 3 rings (SSSR count). The molecule has 2 N–H and O–H groups in total. The third kappa shape index (κ3) is 5.20. The van der Waals surface area contributed by atoms with Crippen molar-refractivity contribution in [2.24, 2.45) is 0 Å². The first kappa shape index (κ1) is 22.7. The van der Waals surface area contributed by atoms with Crippen LogP contribution in [0.15, 0.2) is 53.5 Å². The Morgan fingerprint density at radius 3 is 2.41 bits per heavy atom. The number of nitrogens with one attached hydrogen (secondary N) is 2. The van der Waals surface area contributed by atoms with E-state index in [1.165, 1.54) is 31.5 Å². The Balaban J connectivity index is 1.99. The van der Waals surface area contributed by atoms with Crippen LogP contribution in [0.25, 0.3) is 0 Å². The highest BCUT2D eigenvalue weighted by Crippen LogP contribution is 2.30. The van der Waals surface area contributed by atoms with Crippen LogP contribution in [-0.4, -0.2) is 29.3 Å². The first-order valence-electron chi connectivity index (χ1n) is 8.83. The van der Waals surface area contributed by atoms with Crippen molar-refractivity contribution in [2.45, 2.75) is 12.4 Å². The van der Waals surface area contributed by atoms with Crippen molar-refractivity contribution >= 4 is 5.91 Å². The van der Waals surface area contributed by atoms with Crippen LogP contribution in [0.3, 0.4) is 0 Å². The van der Waals surface area contributed by atoms with Gasteiger partial charge in [-0.05, 0) is 42.0 Å². The van der Waals surface area contributed by atoms with E-state index in [0.29, 0.717) is 12.1 Å². The third-order valence-electron chi connectivity index (χ3n) is 4.19. The zero-order valence-electron chi connectivity index (χ0n) is 16.2. The lowest BCUT2D eigenvalue weighted by atomic mass is 10.0. The third-order valence-corrected chi connectivity index (χ3v) is 4.19. The van der Waals surface area contributed by atoms with Crippen molar-refractivity contribution in [3.63, 3.8) is 0 Å². The summed E-state index contributed by atoms with van der Waals surface area (Å²) in [5.41, 5.74) is -1.39. The summed E-state index contributed by atoms with van der Waals surface area (Å²) in [5, 5.41) is 2.38. The Bertz CT molecular complexity index is 1200. The van der Waals surface area contributed by atoms with E-state index < -0.39 is 41.3 Å². The summed E-state index contributed by atoms with van der Waals surface area (Å²) in [6.45, 7) is 0. The van der Waals surface area contributed by atoms with Gasteiger partial charge < -0.3 is 19.8 Å². The number of rotatable bonds is 6. The van der Waals surface area contributed by atoms with Gasteiger partial charge in [-0.3, -0.25) is 14.6 Å². The summed E-state index contributed by atoms with van der Waals surface area (Å²) in [7, 11) is 1.25. The smallest absolute Gasteiger partial charge is 0.491 e. The monoisotopic (exact) mass is 455 g/mol. The zero-order chi connectivity index (χ0) is 23.5. The molecule has 1 aromatic carbocycles. The van der Waals surface area contributed by atoms with Gasteiger partial charge in [-0.15, -0.1) is 13.2 Å². The van der Waals surface area contributed by atoms with Gasteiger partial charge in [0.1, 0.15) is 17.2 Å². The predicted octanol–water partition coefficient (Wildman–Crippen LogP) is 3.47. The van der Waals surface area contributed by atoms with Gasteiger partial charge in [-0.1, -0.05) is 6.07 Å². The fourth-order valence-electron chi connectivity index (χ4n) is 2.79. The minimum absolute atomic E-state index is 0.0591. The van der Waals surface area contributed by atoms with Gasteiger partial charge in [0, 0.05) is 6.20 Å². The second-order valence-corrected chi connectivity index (χ2v) is 6.28. The van der Waals surface area contributed by atoms with E-state index in [1.807, 2.05) is 0 Å². The molecule has 0 fully saturated rings. The average Bonchev–Trinajstić information content (AvgIpc) is 2.73. The lowest BCUT2D eigenvalue weighted by molar-refractivity contribution is -0.275. The van der Waals surface area contributed by atoms with Crippen LogP contribution < -0.4 is 20.3 Å². The van der Waals surface area contributed by atoms with Crippen LogP contribution in [0.4, 0.5) is 22.0 Å². The van der Waals surface area contributed by atoms with Gasteiger partial charge >= 0.3 is 6.36 Å². The summed E-state index contributed by atoms with van der Waals surface area (Å²) in [6, 6.07) is 5.71. The molecule has 0 aliphatic rings. The maximum atomic E-state index is 14.4. The number of hydrogen-bond acceptors (Lipinski definition) is 5. The number of aromatic nitrogens is 2. The van der Waals surface area contributed by atoms with Gasteiger partial charge in [-0.2, -0.15) is 0 Å². The van der Waals surface area contributed by atoms with Crippen LogP contribution in [-0.2, 0) is 0 Å². The van der Waals surface area contributed by atoms with Crippen LogP contribution in [0, 0.1) is 11.6 Å². The number of ether oxygens (including phenoxy) is 2. The SMILES string of the molecule is COc1ccc(C(=O)NC(c2ccc(OC(F)(F)F)c(F)c2)c2ncccc2F)[nH]c1=O. The number of benzene rings is 1. The van der Waals surface area contributed by atoms with Gasteiger partial charge in [0.25, 0.3) is 11.5 Å². The molecule has 168 valence electrons. The maximum Gasteiger partial charge on any atom is 0.573 e. The number of halogens is 5. The van der Waals surface area contributed by atoms with E-state index in [-0.39, 0.29) is 22.7 Å². The van der Waals surface area contributed by atoms with Crippen molar-refractivity contribution in [1.29, 1.82) is 0 Å². The topological polar surface area (TPSA) is 93.3 Å². The Morgan fingerprint density at radius 2 is 1.81 bits per heavy atom. The molecule has 0 aliphatic heterocycles.